The molecule has 0 saturated carbocycles. The fourth-order valence-electron chi connectivity index (χ4n) is 4.24. The number of hydrogen-bond donors (Lipinski definition) is 0. The van der Waals surface area contributed by atoms with Crippen LogP contribution in [0, 0.1) is 6.92 Å². The van der Waals surface area contributed by atoms with Crippen molar-refractivity contribution in [2.24, 2.45) is 5.10 Å². The van der Waals surface area contributed by atoms with E-state index < -0.39 is 4.33 Å². The predicted octanol–water partition coefficient (Wildman–Crippen LogP) is 5.61. The number of benzene rings is 3. The second kappa shape index (κ2) is 8.76. The number of carbonyl (C=O) groups excluding carboxylic acids is 2. The van der Waals surface area contributed by atoms with E-state index in [1.807, 2.05) is 85.8 Å². The molecule has 6 rings (SSSR count). The first-order chi connectivity index (χ1) is 17.4. The van der Waals surface area contributed by atoms with Crippen molar-refractivity contribution in [2.45, 2.75) is 18.2 Å². The fraction of sp³-hybridized carbons (Fsp3) is 0.148. The molecule has 1 atom stereocenters. The third kappa shape index (κ3) is 3.75. The van der Waals surface area contributed by atoms with Crippen molar-refractivity contribution < 1.29 is 19.1 Å². The number of para-hydroxylation sites is 1. The number of ether oxygens (including phenoxy) is 2. The van der Waals surface area contributed by atoms with Gasteiger partial charge in [-0.3, -0.25) is 14.5 Å². The van der Waals surface area contributed by atoms with E-state index in [-0.39, 0.29) is 18.5 Å². The first-order valence-electron chi connectivity index (χ1n) is 11.3. The van der Waals surface area contributed by atoms with Gasteiger partial charge < -0.3 is 9.47 Å². The van der Waals surface area contributed by atoms with Gasteiger partial charge in [0, 0.05) is 12.6 Å². The topological polar surface area (TPSA) is 71.4 Å². The molecule has 0 radical (unpaired) electrons. The molecule has 0 bridgehead atoms. The zero-order valence-electron chi connectivity index (χ0n) is 19.5. The van der Waals surface area contributed by atoms with Crippen LogP contribution >= 0.6 is 23.5 Å². The highest BCUT2D eigenvalue weighted by Gasteiger charge is 2.59. The average Bonchev–Trinajstić information content (AvgIpc) is 3.56. The molecule has 3 aliphatic heterocycles. The van der Waals surface area contributed by atoms with Crippen molar-refractivity contribution >= 4 is 57.7 Å². The normalized spacial score (nSPS) is 21.6. The van der Waals surface area contributed by atoms with Crippen LogP contribution < -0.4 is 19.4 Å². The Balaban J connectivity index is 1.50. The van der Waals surface area contributed by atoms with Crippen molar-refractivity contribution in [2.75, 3.05) is 16.7 Å². The Bertz CT molecular complexity index is 1460. The summed E-state index contributed by atoms with van der Waals surface area (Å²) in [5.41, 5.74) is 3.38. The van der Waals surface area contributed by atoms with Crippen molar-refractivity contribution in [3.63, 3.8) is 0 Å². The van der Waals surface area contributed by atoms with Crippen LogP contribution in [0.5, 0.6) is 11.5 Å². The maximum atomic E-state index is 14.0. The summed E-state index contributed by atoms with van der Waals surface area (Å²) in [7, 11) is 0. The van der Waals surface area contributed by atoms with Gasteiger partial charge in [-0.05, 0) is 72.3 Å². The third-order valence-corrected chi connectivity index (χ3v) is 8.70. The van der Waals surface area contributed by atoms with Crippen LogP contribution in [-0.2, 0) is 9.59 Å². The minimum Gasteiger partial charge on any atom is -0.454 e. The van der Waals surface area contributed by atoms with Crippen LogP contribution in [0.25, 0.3) is 6.08 Å². The van der Waals surface area contributed by atoms with E-state index in [4.69, 9.17) is 14.6 Å². The van der Waals surface area contributed by atoms with E-state index in [2.05, 4.69) is 0 Å². The van der Waals surface area contributed by atoms with Gasteiger partial charge >= 0.3 is 0 Å². The molecule has 180 valence electrons. The molecule has 3 aliphatic rings. The van der Waals surface area contributed by atoms with E-state index >= 15 is 0 Å². The minimum atomic E-state index is -1.05. The lowest BCUT2D eigenvalue weighted by molar-refractivity contribution is -0.114. The molecular weight excluding hydrogens is 494 g/mol. The van der Waals surface area contributed by atoms with Crippen molar-refractivity contribution in [3.05, 3.63) is 88.8 Å². The largest absolute Gasteiger partial charge is 0.454 e. The van der Waals surface area contributed by atoms with Crippen molar-refractivity contribution in [1.82, 2.24) is 0 Å². The van der Waals surface area contributed by atoms with E-state index in [0.717, 1.165) is 16.8 Å². The zero-order valence-corrected chi connectivity index (χ0v) is 21.1. The monoisotopic (exact) mass is 515 g/mol. The second-order valence-electron chi connectivity index (χ2n) is 8.46. The summed E-state index contributed by atoms with van der Waals surface area (Å²) in [6.45, 7) is 3.68. The highest BCUT2D eigenvalue weighted by molar-refractivity contribution is 8.29. The molecule has 1 fully saturated rings. The predicted molar refractivity (Wildman–Crippen MR) is 144 cm³/mol. The van der Waals surface area contributed by atoms with Gasteiger partial charge in [-0.15, -0.1) is 0 Å². The fourth-order valence-corrected chi connectivity index (χ4v) is 7.12. The summed E-state index contributed by atoms with van der Waals surface area (Å²) in [6, 6.07) is 23.0. The highest BCUT2D eigenvalue weighted by atomic mass is 32.2. The number of hydrazone groups is 1. The average molecular weight is 516 g/mol. The van der Waals surface area contributed by atoms with E-state index in [1.165, 1.54) is 30.4 Å². The number of carbonyl (C=O) groups is 2. The summed E-state index contributed by atoms with van der Waals surface area (Å²) in [6.07, 6.45) is 1.85. The highest BCUT2D eigenvalue weighted by Crippen LogP contribution is 2.59. The number of amides is 1. The van der Waals surface area contributed by atoms with Crippen LogP contribution in [0.4, 0.5) is 11.4 Å². The van der Waals surface area contributed by atoms with Gasteiger partial charge in [0.1, 0.15) is 0 Å². The molecule has 3 heterocycles. The Hall–Kier alpha value is -3.69. The summed E-state index contributed by atoms with van der Waals surface area (Å²) in [4.78, 5) is 28.8. The van der Waals surface area contributed by atoms with Crippen molar-refractivity contribution in [3.8, 4) is 11.5 Å². The molecule has 3 aromatic carbocycles. The Morgan fingerprint density at radius 2 is 1.75 bits per heavy atom. The summed E-state index contributed by atoms with van der Waals surface area (Å²) >= 11 is 2.66. The molecule has 36 heavy (non-hydrogen) atoms. The first kappa shape index (κ1) is 22.8. The number of rotatable bonds is 4. The maximum absolute atomic E-state index is 14.0. The van der Waals surface area contributed by atoms with Gasteiger partial charge in [-0.2, -0.15) is 5.10 Å². The van der Waals surface area contributed by atoms with Crippen LogP contribution in [0.1, 0.15) is 18.1 Å². The second-order valence-corrected chi connectivity index (χ2v) is 11.1. The van der Waals surface area contributed by atoms with Gasteiger partial charge in [0.05, 0.1) is 10.6 Å². The number of ketones is 1. The lowest BCUT2D eigenvalue weighted by Gasteiger charge is -2.38. The molecule has 0 aromatic heterocycles. The van der Waals surface area contributed by atoms with Gasteiger partial charge in [-0.1, -0.05) is 48.2 Å². The van der Waals surface area contributed by atoms with Gasteiger partial charge in [0.25, 0.3) is 5.91 Å². The number of aryl methyl sites for hydroxylation is 1. The Labute approximate surface area is 216 Å². The number of anilines is 2. The molecule has 1 unspecified atom stereocenters. The Morgan fingerprint density at radius 1 is 0.972 bits per heavy atom. The quantitative estimate of drug-likeness (QED) is 0.418. The van der Waals surface area contributed by atoms with E-state index in [1.54, 1.807) is 9.91 Å². The summed E-state index contributed by atoms with van der Waals surface area (Å²) in [5, 5.41) is 6.86. The molecule has 3 aromatic rings. The van der Waals surface area contributed by atoms with Crippen molar-refractivity contribution in [1.29, 1.82) is 0 Å². The van der Waals surface area contributed by atoms with Gasteiger partial charge in [0.15, 0.2) is 22.3 Å². The Kier molecular flexibility index (Phi) is 5.54. The van der Waals surface area contributed by atoms with Crippen LogP contribution in [0.15, 0.2) is 82.8 Å². The number of hydrogen-bond acceptors (Lipinski definition) is 8. The molecule has 1 spiro atoms. The van der Waals surface area contributed by atoms with Crippen LogP contribution in [-0.4, -0.2) is 27.9 Å². The maximum Gasteiger partial charge on any atom is 0.268 e. The molecule has 1 saturated heterocycles. The van der Waals surface area contributed by atoms with Crippen LogP contribution in [0.2, 0.25) is 0 Å². The molecule has 7 nitrogen and oxygen atoms in total. The van der Waals surface area contributed by atoms with Crippen LogP contribution in [0.3, 0.4) is 0 Å². The zero-order chi connectivity index (χ0) is 24.9. The van der Waals surface area contributed by atoms with Gasteiger partial charge in [-0.25, -0.2) is 5.01 Å². The summed E-state index contributed by atoms with van der Waals surface area (Å²) < 4.78 is 9.89. The molecule has 0 N–H and O–H groups in total. The number of thioether (sulfide) groups is 2. The SMILES string of the molecule is CC(=O)C1=NN(c2cccc(C)c2)C2(SC(=Cc3ccc4c(c3)OCO4)C(=O)N2c2ccccc2)S1. The molecule has 0 aliphatic carbocycles. The lowest BCUT2D eigenvalue weighted by Crippen LogP contribution is -2.51. The number of nitrogens with zero attached hydrogens (tertiary/aromatic N) is 3. The minimum absolute atomic E-state index is 0.149. The smallest absolute Gasteiger partial charge is 0.268 e. The third-order valence-electron chi connectivity index (χ3n) is 5.88. The standard InChI is InChI=1S/C27H21N3O4S2/c1-17-7-6-10-21(13-17)30-27(36-25(28-30)18(2)31)29(20-8-4-3-5-9-20)26(32)24(35-27)15-19-11-12-22-23(14-19)34-16-33-22/h3-15H,16H2,1-2H3. The number of fused-ring (bicyclic) bond motifs is 1. The molecule has 1 amide bonds. The molecular formula is C27H21N3O4S2. The number of Topliss-reactive ketones (excluding diaryl/α,β-unsaturated/α-hetero) is 1. The lowest BCUT2D eigenvalue weighted by atomic mass is 10.2. The first-order valence-corrected chi connectivity index (χ1v) is 12.9. The van der Waals surface area contributed by atoms with E-state index in [0.29, 0.717) is 27.1 Å². The van der Waals surface area contributed by atoms with E-state index in [9.17, 15) is 9.59 Å². The summed E-state index contributed by atoms with van der Waals surface area (Å²) in [5.74, 6) is 1.01. The Morgan fingerprint density at radius 3 is 2.53 bits per heavy atom. The molecule has 9 heteroatoms. The van der Waals surface area contributed by atoms with Gasteiger partial charge in [0.2, 0.25) is 11.1 Å².